The van der Waals surface area contributed by atoms with Crippen molar-refractivity contribution in [2.75, 3.05) is 6.54 Å². The van der Waals surface area contributed by atoms with Crippen LogP contribution in [0.2, 0.25) is 0 Å². The van der Waals surface area contributed by atoms with E-state index >= 15 is 0 Å². The van der Waals surface area contributed by atoms with Crippen molar-refractivity contribution in [3.05, 3.63) is 77.7 Å². The lowest BCUT2D eigenvalue weighted by atomic mass is 10.1. The largest absolute Gasteiger partial charge is 0.357 e. The molecule has 1 aromatic heterocycles. The predicted molar refractivity (Wildman–Crippen MR) is 115 cm³/mol. The Morgan fingerprint density at radius 3 is 2.58 bits per heavy atom. The van der Waals surface area contributed by atoms with E-state index in [0.29, 0.717) is 24.6 Å². The van der Waals surface area contributed by atoms with E-state index in [1.54, 1.807) is 18.3 Å². The molecule has 0 radical (unpaired) electrons. The van der Waals surface area contributed by atoms with Crippen molar-refractivity contribution in [2.45, 2.75) is 20.0 Å². The molecule has 0 amide bonds. The maximum atomic E-state index is 13.7. The molecule has 0 aliphatic heterocycles. The van der Waals surface area contributed by atoms with E-state index in [-0.39, 0.29) is 29.8 Å². The maximum Gasteiger partial charge on any atom is 0.191 e. The Labute approximate surface area is 170 Å². The van der Waals surface area contributed by atoms with Gasteiger partial charge in [0, 0.05) is 30.2 Å². The van der Waals surface area contributed by atoms with Crippen LogP contribution in [0.15, 0.2) is 65.8 Å². The van der Waals surface area contributed by atoms with E-state index in [0.717, 1.165) is 23.0 Å². The lowest BCUT2D eigenvalue weighted by Gasteiger charge is -2.12. The van der Waals surface area contributed by atoms with Crippen molar-refractivity contribution in [3.8, 4) is 0 Å². The zero-order valence-electron chi connectivity index (χ0n) is 14.6. The summed E-state index contributed by atoms with van der Waals surface area (Å²) in [5.41, 5.74) is 2.68. The molecule has 0 aliphatic carbocycles. The summed E-state index contributed by atoms with van der Waals surface area (Å²) in [6, 6.07) is 16.7. The molecule has 26 heavy (non-hydrogen) atoms. The van der Waals surface area contributed by atoms with Crippen LogP contribution < -0.4 is 10.6 Å². The van der Waals surface area contributed by atoms with Crippen LogP contribution in [0.5, 0.6) is 0 Å². The average molecular weight is 464 g/mol. The maximum absolute atomic E-state index is 13.7. The van der Waals surface area contributed by atoms with Crippen LogP contribution in [0.4, 0.5) is 4.39 Å². The van der Waals surface area contributed by atoms with Gasteiger partial charge in [0.2, 0.25) is 0 Å². The molecule has 3 rings (SSSR count). The van der Waals surface area contributed by atoms with Gasteiger partial charge < -0.3 is 10.6 Å². The molecular weight excluding hydrogens is 442 g/mol. The first kappa shape index (κ1) is 20.1. The number of hydrogen-bond donors (Lipinski definition) is 2. The predicted octanol–water partition coefficient (Wildman–Crippen LogP) is 4.25. The highest BCUT2D eigenvalue weighted by Gasteiger charge is 2.04. The van der Waals surface area contributed by atoms with Crippen LogP contribution >= 0.6 is 24.0 Å². The lowest BCUT2D eigenvalue weighted by Crippen LogP contribution is -2.37. The molecule has 0 fully saturated rings. The molecule has 136 valence electrons. The normalized spacial score (nSPS) is 11.1. The van der Waals surface area contributed by atoms with Crippen molar-refractivity contribution in [1.29, 1.82) is 0 Å². The first-order valence-electron chi connectivity index (χ1n) is 8.36. The Morgan fingerprint density at radius 2 is 1.77 bits per heavy atom. The minimum absolute atomic E-state index is 0. The lowest BCUT2D eigenvalue weighted by molar-refractivity contribution is 0.604. The number of benzene rings is 2. The summed E-state index contributed by atoms with van der Waals surface area (Å²) in [6.07, 6.45) is 1.80. The van der Waals surface area contributed by atoms with Gasteiger partial charge in [-0.1, -0.05) is 36.4 Å². The first-order valence-corrected chi connectivity index (χ1v) is 8.36. The van der Waals surface area contributed by atoms with Gasteiger partial charge in [-0.15, -0.1) is 24.0 Å². The summed E-state index contributed by atoms with van der Waals surface area (Å²) < 4.78 is 13.7. The third-order valence-corrected chi connectivity index (χ3v) is 3.90. The fraction of sp³-hybridized carbons (Fsp3) is 0.200. The molecule has 1 heterocycles. The Balaban J connectivity index is 0.00000243. The van der Waals surface area contributed by atoms with Gasteiger partial charge in [0.25, 0.3) is 0 Å². The third kappa shape index (κ3) is 5.14. The summed E-state index contributed by atoms with van der Waals surface area (Å²) in [6.45, 7) is 3.65. The van der Waals surface area contributed by atoms with Gasteiger partial charge in [-0.05, 0) is 30.7 Å². The van der Waals surface area contributed by atoms with Crippen LogP contribution in [0.25, 0.3) is 10.9 Å². The number of hydrogen-bond acceptors (Lipinski definition) is 2. The van der Waals surface area contributed by atoms with Crippen molar-refractivity contribution in [3.63, 3.8) is 0 Å². The van der Waals surface area contributed by atoms with Gasteiger partial charge in [-0.2, -0.15) is 0 Å². The summed E-state index contributed by atoms with van der Waals surface area (Å²) in [5, 5.41) is 7.47. The fourth-order valence-electron chi connectivity index (χ4n) is 2.62. The van der Waals surface area contributed by atoms with Crippen LogP contribution in [-0.4, -0.2) is 17.5 Å². The smallest absolute Gasteiger partial charge is 0.191 e. The molecule has 0 atom stereocenters. The van der Waals surface area contributed by atoms with Gasteiger partial charge >= 0.3 is 0 Å². The molecule has 0 unspecified atom stereocenters. The quantitative estimate of drug-likeness (QED) is 0.337. The van der Waals surface area contributed by atoms with Gasteiger partial charge in [-0.25, -0.2) is 9.38 Å². The molecule has 0 aliphatic rings. The number of rotatable bonds is 5. The van der Waals surface area contributed by atoms with E-state index in [4.69, 9.17) is 0 Å². The minimum Gasteiger partial charge on any atom is -0.357 e. The summed E-state index contributed by atoms with van der Waals surface area (Å²) in [5.74, 6) is 0.442. The molecule has 0 saturated carbocycles. The minimum atomic E-state index is -0.217. The average Bonchev–Trinajstić information content (AvgIpc) is 2.65. The molecule has 2 N–H and O–H groups in total. The van der Waals surface area contributed by atoms with E-state index in [2.05, 4.69) is 20.6 Å². The van der Waals surface area contributed by atoms with E-state index in [1.165, 1.54) is 6.07 Å². The molecule has 4 nitrogen and oxygen atoms in total. The van der Waals surface area contributed by atoms with E-state index < -0.39 is 0 Å². The van der Waals surface area contributed by atoms with Crippen molar-refractivity contribution in [2.24, 2.45) is 4.99 Å². The highest BCUT2D eigenvalue weighted by Crippen LogP contribution is 2.16. The zero-order valence-corrected chi connectivity index (χ0v) is 16.9. The van der Waals surface area contributed by atoms with E-state index in [1.807, 2.05) is 43.3 Å². The first-order chi connectivity index (χ1) is 12.3. The van der Waals surface area contributed by atoms with E-state index in [9.17, 15) is 4.39 Å². The second-order valence-electron chi connectivity index (χ2n) is 5.63. The van der Waals surface area contributed by atoms with Gasteiger partial charge in [0.05, 0.1) is 12.1 Å². The molecule has 3 aromatic rings. The number of halogens is 2. The number of guanidine groups is 1. The summed E-state index contributed by atoms with van der Waals surface area (Å²) in [4.78, 5) is 8.99. The molecular formula is C20H22FIN4. The second-order valence-corrected chi connectivity index (χ2v) is 5.63. The highest BCUT2D eigenvalue weighted by molar-refractivity contribution is 14.0. The number of aromatic nitrogens is 1. The Kier molecular flexibility index (Phi) is 7.77. The Hall–Kier alpha value is -2.22. The Morgan fingerprint density at radius 1 is 1.00 bits per heavy atom. The monoisotopic (exact) mass is 464 g/mol. The molecule has 2 aromatic carbocycles. The second kappa shape index (κ2) is 10.1. The van der Waals surface area contributed by atoms with Crippen molar-refractivity contribution < 1.29 is 4.39 Å². The molecule has 0 saturated heterocycles. The topological polar surface area (TPSA) is 49.3 Å². The summed E-state index contributed by atoms with van der Waals surface area (Å²) in [7, 11) is 0. The van der Waals surface area contributed by atoms with Gasteiger partial charge in [-0.3, -0.25) is 4.98 Å². The number of aliphatic imine (C=N–C) groups is 1. The fourth-order valence-corrected chi connectivity index (χ4v) is 2.62. The van der Waals surface area contributed by atoms with Crippen LogP contribution in [0.1, 0.15) is 18.1 Å². The van der Waals surface area contributed by atoms with Crippen LogP contribution in [0, 0.1) is 5.82 Å². The summed E-state index contributed by atoms with van der Waals surface area (Å²) >= 11 is 0. The molecule has 0 bridgehead atoms. The number of nitrogens with one attached hydrogen (secondary N) is 2. The van der Waals surface area contributed by atoms with Crippen molar-refractivity contribution in [1.82, 2.24) is 15.6 Å². The standard InChI is InChI=1S/C20H21FN4.HI/c1-2-22-20(25-14-16-7-3-5-9-18(16)21)24-13-15-11-12-23-19-10-6-4-8-17(15)19;/h3-12H,2,13-14H2,1H3,(H2,22,24,25);1H. The van der Waals surface area contributed by atoms with Crippen LogP contribution in [-0.2, 0) is 13.1 Å². The van der Waals surface area contributed by atoms with Crippen LogP contribution in [0.3, 0.4) is 0 Å². The third-order valence-electron chi connectivity index (χ3n) is 3.90. The number of fused-ring (bicyclic) bond motifs is 1. The SMILES string of the molecule is CCNC(=NCc1ccnc2ccccc12)NCc1ccccc1F.I. The number of nitrogens with zero attached hydrogens (tertiary/aromatic N) is 2. The zero-order chi connectivity index (χ0) is 17.5. The van der Waals surface area contributed by atoms with Crippen molar-refractivity contribution >= 4 is 40.8 Å². The van der Waals surface area contributed by atoms with Gasteiger partial charge in [0.1, 0.15) is 5.82 Å². The molecule has 0 spiro atoms. The molecule has 6 heteroatoms. The number of para-hydroxylation sites is 1. The highest BCUT2D eigenvalue weighted by atomic mass is 127. The Bertz CT molecular complexity index is 877. The van der Waals surface area contributed by atoms with Gasteiger partial charge in [0.15, 0.2) is 5.96 Å². The number of pyridine rings is 1.